The van der Waals surface area contributed by atoms with Crippen molar-refractivity contribution in [3.8, 4) is 5.69 Å². The molecule has 0 aliphatic rings. The van der Waals surface area contributed by atoms with E-state index in [1.54, 1.807) is 0 Å². The fourth-order valence-electron chi connectivity index (χ4n) is 1.98. The molecular weight excluding hydrogens is 389 g/mol. The van der Waals surface area contributed by atoms with Crippen molar-refractivity contribution >= 4 is 23.7 Å². The summed E-state index contributed by atoms with van der Waals surface area (Å²) in [6.07, 6.45) is -4.61. The molecule has 0 fully saturated rings. The molecule has 2 aromatic rings. The van der Waals surface area contributed by atoms with Crippen LogP contribution in [-0.2, 0) is 20.4 Å². The highest BCUT2D eigenvalue weighted by molar-refractivity contribution is 8.00. The van der Waals surface area contributed by atoms with Crippen molar-refractivity contribution in [1.82, 2.24) is 9.78 Å². The lowest BCUT2D eigenvalue weighted by Crippen LogP contribution is -2.25. The van der Waals surface area contributed by atoms with Gasteiger partial charge in [-0.3, -0.25) is 9.59 Å². The molecule has 0 aliphatic carbocycles. The van der Waals surface area contributed by atoms with Gasteiger partial charge in [0.15, 0.2) is 5.69 Å². The van der Waals surface area contributed by atoms with Crippen LogP contribution >= 0.6 is 11.8 Å². The molecule has 0 saturated carbocycles. The molecule has 1 aromatic carbocycles. The standard InChI is InChI=1S/C16H13F3N2O5S/c1-25-13(23)8-27-11-7-12(22)21(20-14(11)15(24)26-2)10-5-3-4-9(6-10)16(17,18)19/h3-7H,8H2,1-2H3. The Bertz CT molecular complexity index is 927. The Kier molecular flexibility index (Phi) is 6.26. The van der Waals surface area contributed by atoms with Gasteiger partial charge in [0.05, 0.1) is 31.2 Å². The van der Waals surface area contributed by atoms with Gasteiger partial charge in [0.1, 0.15) is 0 Å². The third kappa shape index (κ3) is 4.88. The highest BCUT2D eigenvalue weighted by Crippen LogP contribution is 2.30. The Hall–Kier alpha value is -2.82. The number of benzene rings is 1. The summed E-state index contributed by atoms with van der Waals surface area (Å²) in [4.78, 5) is 35.6. The van der Waals surface area contributed by atoms with Crippen molar-refractivity contribution < 1.29 is 32.2 Å². The quantitative estimate of drug-likeness (QED) is 0.560. The molecular formula is C16H13F3N2O5S. The second kappa shape index (κ2) is 8.25. The normalized spacial score (nSPS) is 11.1. The predicted molar refractivity (Wildman–Crippen MR) is 88.9 cm³/mol. The lowest BCUT2D eigenvalue weighted by atomic mass is 10.2. The molecule has 7 nitrogen and oxygen atoms in total. The molecule has 0 bridgehead atoms. The number of ether oxygens (including phenoxy) is 2. The van der Waals surface area contributed by atoms with E-state index in [0.717, 1.165) is 43.1 Å². The summed E-state index contributed by atoms with van der Waals surface area (Å²) >= 11 is 0.818. The van der Waals surface area contributed by atoms with Gasteiger partial charge in [0, 0.05) is 11.0 Å². The van der Waals surface area contributed by atoms with Gasteiger partial charge in [0.2, 0.25) is 0 Å². The van der Waals surface area contributed by atoms with Gasteiger partial charge in [-0.05, 0) is 18.2 Å². The molecule has 11 heteroatoms. The third-order valence-corrected chi connectivity index (χ3v) is 4.27. The Morgan fingerprint density at radius 3 is 2.48 bits per heavy atom. The SMILES string of the molecule is COC(=O)CSc1cc(=O)n(-c2cccc(C(F)(F)F)c2)nc1C(=O)OC. The van der Waals surface area contributed by atoms with E-state index in [4.69, 9.17) is 0 Å². The van der Waals surface area contributed by atoms with Crippen molar-refractivity contribution in [2.24, 2.45) is 0 Å². The van der Waals surface area contributed by atoms with Crippen LogP contribution in [0, 0.1) is 0 Å². The number of halogens is 3. The zero-order valence-corrected chi connectivity index (χ0v) is 14.9. The number of carbonyl (C=O) groups excluding carboxylic acids is 2. The number of nitrogens with zero attached hydrogens (tertiary/aromatic N) is 2. The maximum atomic E-state index is 12.9. The second-order valence-electron chi connectivity index (χ2n) is 5.01. The van der Waals surface area contributed by atoms with E-state index >= 15 is 0 Å². The largest absolute Gasteiger partial charge is 0.468 e. The van der Waals surface area contributed by atoms with Gasteiger partial charge in [-0.2, -0.15) is 23.0 Å². The van der Waals surface area contributed by atoms with Crippen LogP contribution in [0.4, 0.5) is 13.2 Å². The summed E-state index contributed by atoms with van der Waals surface area (Å²) in [6, 6.07) is 4.93. The maximum Gasteiger partial charge on any atom is 0.416 e. The number of thioether (sulfide) groups is 1. The van der Waals surface area contributed by atoms with Crippen molar-refractivity contribution in [2.45, 2.75) is 11.1 Å². The monoisotopic (exact) mass is 402 g/mol. The summed E-state index contributed by atoms with van der Waals surface area (Å²) in [7, 11) is 2.26. The molecule has 0 saturated heterocycles. The van der Waals surface area contributed by atoms with Gasteiger partial charge in [-0.15, -0.1) is 11.8 Å². The molecule has 0 aliphatic heterocycles. The Balaban J connectivity index is 2.54. The first-order valence-corrected chi connectivity index (χ1v) is 8.26. The zero-order valence-electron chi connectivity index (χ0n) is 14.1. The van der Waals surface area contributed by atoms with Crippen LogP contribution in [0.25, 0.3) is 5.69 Å². The van der Waals surface area contributed by atoms with Crippen LogP contribution in [-0.4, -0.2) is 41.7 Å². The third-order valence-electron chi connectivity index (χ3n) is 3.27. The number of hydrogen-bond donors (Lipinski definition) is 0. The van der Waals surface area contributed by atoms with E-state index in [-0.39, 0.29) is 22.0 Å². The van der Waals surface area contributed by atoms with E-state index in [9.17, 15) is 27.6 Å². The van der Waals surface area contributed by atoms with Crippen molar-refractivity contribution in [2.75, 3.05) is 20.0 Å². The van der Waals surface area contributed by atoms with Crippen molar-refractivity contribution in [3.05, 3.63) is 51.9 Å². The van der Waals surface area contributed by atoms with E-state index in [0.29, 0.717) is 4.68 Å². The highest BCUT2D eigenvalue weighted by Gasteiger charge is 2.31. The highest BCUT2D eigenvalue weighted by atomic mass is 32.2. The molecule has 0 spiro atoms. The molecule has 0 unspecified atom stereocenters. The number of alkyl halides is 3. The average Bonchev–Trinajstić information content (AvgIpc) is 2.64. The number of methoxy groups -OCH3 is 2. The number of hydrogen-bond acceptors (Lipinski definition) is 7. The molecule has 0 atom stereocenters. The van der Waals surface area contributed by atoms with E-state index in [2.05, 4.69) is 14.6 Å². The lowest BCUT2D eigenvalue weighted by molar-refractivity contribution is -0.138. The summed E-state index contributed by atoms with van der Waals surface area (Å²) in [5.74, 6) is -1.71. The summed E-state index contributed by atoms with van der Waals surface area (Å²) in [6.45, 7) is 0. The number of esters is 2. The lowest BCUT2D eigenvalue weighted by Gasteiger charge is -2.12. The Morgan fingerprint density at radius 2 is 1.89 bits per heavy atom. The Morgan fingerprint density at radius 1 is 1.19 bits per heavy atom. The van der Waals surface area contributed by atoms with Gasteiger partial charge in [-0.1, -0.05) is 6.07 Å². The molecule has 0 amide bonds. The molecule has 0 N–H and O–H groups in total. The minimum absolute atomic E-state index is 0.0421. The summed E-state index contributed by atoms with van der Waals surface area (Å²) < 4.78 is 48.4. The number of carbonyl (C=O) groups is 2. The van der Waals surface area contributed by atoms with E-state index in [1.807, 2.05) is 0 Å². The Labute approximate surface area is 155 Å². The molecule has 2 rings (SSSR count). The second-order valence-corrected chi connectivity index (χ2v) is 6.03. The molecule has 1 heterocycles. The average molecular weight is 402 g/mol. The zero-order chi connectivity index (χ0) is 20.2. The molecule has 0 radical (unpaired) electrons. The summed E-state index contributed by atoms with van der Waals surface area (Å²) in [5.41, 5.74) is -2.25. The molecule has 27 heavy (non-hydrogen) atoms. The van der Waals surface area contributed by atoms with Gasteiger partial charge in [-0.25, -0.2) is 4.79 Å². The van der Waals surface area contributed by atoms with Crippen LogP contribution in [0.15, 0.2) is 40.0 Å². The van der Waals surface area contributed by atoms with Crippen LogP contribution in [0.3, 0.4) is 0 Å². The van der Waals surface area contributed by atoms with Crippen molar-refractivity contribution in [3.63, 3.8) is 0 Å². The summed E-state index contributed by atoms with van der Waals surface area (Å²) in [5, 5.41) is 3.83. The first-order valence-electron chi connectivity index (χ1n) is 7.27. The smallest absolute Gasteiger partial charge is 0.416 e. The van der Waals surface area contributed by atoms with Crippen molar-refractivity contribution in [1.29, 1.82) is 0 Å². The van der Waals surface area contributed by atoms with Gasteiger partial charge >= 0.3 is 18.1 Å². The first-order chi connectivity index (χ1) is 12.7. The van der Waals surface area contributed by atoms with E-state index in [1.165, 1.54) is 13.2 Å². The molecule has 144 valence electrons. The number of rotatable bonds is 5. The topological polar surface area (TPSA) is 87.5 Å². The van der Waals surface area contributed by atoms with Crippen LogP contribution in [0.5, 0.6) is 0 Å². The van der Waals surface area contributed by atoms with Gasteiger partial charge in [0.25, 0.3) is 5.56 Å². The minimum atomic E-state index is -4.61. The van der Waals surface area contributed by atoms with Crippen LogP contribution in [0.2, 0.25) is 0 Å². The van der Waals surface area contributed by atoms with Gasteiger partial charge < -0.3 is 9.47 Å². The van der Waals surface area contributed by atoms with Crippen LogP contribution in [0.1, 0.15) is 16.1 Å². The fraction of sp³-hybridized carbons (Fsp3) is 0.250. The maximum absolute atomic E-state index is 12.9. The molecule has 1 aromatic heterocycles. The predicted octanol–water partition coefficient (Wildman–Crippen LogP) is 2.30. The minimum Gasteiger partial charge on any atom is -0.468 e. The first kappa shape index (κ1) is 20.5. The van der Waals surface area contributed by atoms with Crippen LogP contribution < -0.4 is 5.56 Å². The number of aromatic nitrogens is 2. The van der Waals surface area contributed by atoms with E-state index < -0.39 is 29.2 Å². The fourth-order valence-corrected chi connectivity index (χ4v) is 2.82.